The summed E-state index contributed by atoms with van der Waals surface area (Å²) in [5.41, 5.74) is -0.408. The lowest BCUT2D eigenvalue weighted by Gasteiger charge is -2.21. The number of carbonyl (C=O) groups excluding carboxylic acids is 1. The molecule has 3 aromatic rings. The van der Waals surface area contributed by atoms with Crippen LogP contribution in [0.15, 0.2) is 44.5 Å². The Morgan fingerprint density at radius 2 is 2.06 bits per heavy atom. The summed E-state index contributed by atoms with van der Waals surface area (Å²) >= 11 is 0. The number of rotatable bonds is 4. The van der Waals surface area contributed by atoms with Crippen molar-refractivity contribution in [2.24, 2.45) is 7.05 Å². The number of hydrogen-bond acceptors (Lipinski definition) is 8. The number of amides is 1. The molecule has 1 aliphatic rings. The van der Waals surface area contributed by atoms with Crippen molar-refractivity contribution in [3.8, 4) is 0 Å². The van der Waals surface area contributed by atoms with Crippen LogP contribution >= 0.6 is 0 Å². The van der Waals surface area contributed by atoms with Gasteiger partial charge in [0.1, 0.15) is 11.9 Å². The van der Waals surface area contributed by atoms with Crippen LogP contribution in [0.3, 0.4) is 0 Å². The largest absolute Gasteiger partial charge is 0.419 e. The van der Waals surface area contributed by atoms with Gasteiger partial charge in [-0.25, -0.2) is 9.59 Å². The second-order valence-electron chi connectivity index (χ2n) is 6.90. The Morgan fingerprint density at radius 3 is 2.71 bits per heavy atom. The third-order valence-electron chi connectivity index (χ3n) is 4.94. The molecule has 1 unspecified atom stereocenters. The molecule has 1 fully saturated rings. The van der Waals surface area contributed by atoms with Gasteiger partial charge in [0.15, 0.2) is 11.7 Å². The lowest BCUT2D eigenvalue weighted by molar-refractivity contribution is -0.140. The number of aryl methyl sites for hydroxylation is 1. The predicted molar refractivity (Wildman–Crippen MR) is 99.9 cm³/mol. The highest BCUT2D eigenvalue weighted by atomic mass is 19.3. The molecule has 0 spiro atoms. The van der Waals surface area contributed by atoms with Gasteiger partial charge in [-0.05, 0) is 24.3 Å². The van der Waals surface area contributed by atoms with E-state index >= 15 is 0 Å². The number of aromatic nitrogens is 3. The molecule has 4 rings (SSSR count). The summed E-state index contributed by atoms with van der Waals surface area (Å²) in [4.78, 5) is 39.8. The number of ether oxygens (including phenoxy) is 1. The molecule has 1 saturated heterocycles. The summed E-state index contributed by atoms with van der Waals surface area (Å²) < 4.78 is 40.1. The van der Waals surface area contributed by atoms with E-state index in [4.69, 9.17) is 14.3 Å². The minimum Gasteiger partial charge on any atom is -0.408 e. The molecule has 1 amide bonds. The molecule has 0 saturated carbocycles. The van der Waals surface area contributed by atoms with Gasteiger partial charge >= 0.3 is 17.4 Å². The summed E-state index contributed by atoms with van der Waals surface area (Å²) in [6, 6.07) is 5.36. The zero-order valence-corrected chi connectivity index (χ0v) is 15.9. The van der Waals surface area contributed by atoms with E-state index in [1.165, 1.54) is 29.8 Å². The highest BCUT2D eigenvalue weighted by molar-refractivity contribution is 6.05. The van der Waals surface area contributed by atoms with Crippen LogP contribution in [0.1, 0.15) is 16.6 Å². The van der Waals surface area contributed by atoms with Crippen LogP contribution < -0.4 is 16.8 Å². The first-order chi connectivity index (χ1) is 14.6. The lowest BCUT2D eigenvalue weighted by Crippen LogP contribution is -2.41. The Morgan fingerprint density at radius 1 is 1.32 bits per heavy atom. The lowest BCUT2D eigenvalue weighted by atomic mass is 10.1. The van der Waals surface area contributed by atoms with Crippen LogP contribution in [0.4, 0.5) is 14.6 Å². The molecular weight excluding hydrogens is 422 g/mol. The van der Waals surface area contributed by atoms with Crippen molar-refractivity contribution in [3.63, 3.8) is 0 Å². The second-order valence-corrected chi connectivity index (χ2v) is 6.90. The van der Waals surface area contributed by atoms with Crippen LogP contribution in [0, 0.1) is 0 Å². The summed E-state index contributed by atoms with van der Waals surface area (Å²) in [6.07, 6.45) is -5.12. The van der Waals surface area contributed by atoms with Gasteiger partial charge in [0.05, 0.1) is 12.1 Å². The molecule has 2 aromatic heterocycles. The number of aliphatic hydroxyl groups excluding tert-OH is 2. The third kappa shape index (κ3) is 3.41. The van der Waals surface area contributed by atoms with Crippen molar-refractivity contribution >= 4 is 22.8 Å². The minimum absolute atomic E-state index is 0.104. The first-order valence-electron chi connectivity index (χ1n) is 8.96. The van der Waals surface area contributed by atoms with Gasteiger partial charge in [0.25, 0.3) is 5.91 Å². The van der Waals surface area contributed by atoms with Crippen LogP contribution in [-0.2, 0) is 11.8 Å². The number of alkyl halides is 2. The van der Waals surface area contributed by atoms with E-state index in [9.17, 15) is 28.3 Å². The fourth-order valence-corrected chi connectivity index (χ4v) is 3.24. The van der Waals surface area contributed by atoms with Crippen molar-refractivity contribution in [1.29, 1.82) is 0 Å². The number of anilines is 1. The summed E-state index contributed by atoms with van der Waals surface area (Å²) in [6.45, 7) is -0.866. The smallest absolute Gasteiger partial charge is 0.408 e. The number of fused-ring (bicyclic) bond motifs is 1. The van der Waals surface area contributed by atoms with E-state index in [1.807, 2.05) is 0 Å². The maximum atomic E-state index is 14.2. The minimum atomic E-state index is -3.85. The van der Waals surface area contributed by atoms with Crippen LogP contribution in [0.2, 0.25) is 0 Å². The van der Waals surface area contributed by atoms with Gasteiger partial charge in [-0.2, -0.15) is 13.8 Å². The molecular formula is C18H16F2N4O7. The molecule has 0 radical (unpaired) electrons. The highest BCUT2D eigenvalue weighted by Gasteiger charge is 2.59. The maximum Gasteiger partial charge on any atom is 0.419 e. The summed E-state index contributed by atoms with van der Waals surface area (Å²) in [5.74, 6) is -5.35. The first-order valence-corrected chi connectivity index (χ1v) is 8.96. The molecule has 3 atom stereocenters. The highest BCUT2D eigenvalue weighted by Crippen LogP contribution is 2.41. The summed E-state index contributed by atoms with van der Waals surface area (Å²) in [5, 5.41) is 21.0. The standard InChI is InChI=1S/C18H16F2N4O7/c1-23-9-3-2-8(6-10(9)31-17(23)29)14(27)21-12-4-5-24(16(28)22-12)15-18(19,20)13(26)11(7-25)30-15/h2-6,11,13,15,25-26H,7H2,1H3,(H,21,22,27,28)/t11-,13-,15?/m1/s1. The van der Waals surface area contributed by atoms with Crippen LogP contribution in [0.25, 0.3) is 11.1 Å². The van der Waals surface area contributed by atoms with Crippen molar-refractivity contribution < 1.29 is 32.9 Å². The average molecular weight is 438 g/mol. The monoisotopic (exact) mass is 438 g/mol. The number of halogens is 2. The van der Waals surface area contributed by atoms with Gasteiger partial charge in [-0.1, -0.05) is 0 Å². The number of hydrogen-bond donors (Lipinski definition) is 3. The molecule has 13 heteroatoms. The van der Waals surface area contributed by atoms with Gasteiger partial charge in [-0.15, -0.1) is 0 Å². The number of aliphatic hydroxyl groups is 2. The van der Waals surface area contributed by atoms with Crippen LogP contribution in [0.5, 0.6) is 0 Å². The first kappa shape index (κ1) is 20.8. The molecule has 0 aliphatic carbocycles. The Labute approximate surface area is 171 Å². The van der Waals surface area contributed by atoms with Crippen molar-refractivity contribution in [1.82, 2.24) is 14.1 Å². The van der Waals surface area contributed by atoms with Gasteiger partial charge in [-0.3, -0.25) is 13.9 Å². The Kier molecular flexibility index (Phi) is 4.95. The van der Waals surface area contributed by atoms with Gasteiger partial charge < -0.3 is 24.7 Å². The molecule has 3 heterocycles. The number of nitrogens with one attached hydrogen (secondary N) is 1. The van der Waals surface area contributed by atoms with E-state index in [0.29, 0.717) is 10.1 Å². The number of oxazole rings is 1. The van der Waals surface area contributed by atoms with Crippen molar-refractivity contribution in [2.45, 2.75) is 24.4 Å². The Balaban J connectivity index is 1.57. The second kappa shape index (κ2) is 7.37. The quantitative estimate of drug-likeness (QED) is 0.508. The van der Waals surface area contributed by atoms with Gasteiger partial charge in [0, 0.05) is 18.8 Å². The SMILES string of the molecule is Cn1c(=O)oc2cc(C(=O)Nc3ccn(C4O[C@H](CO)[C@@H](O)C4(F)F)c(=O)n3)ccc21. The van der Waals surface area contributed by atoms with Crippen LogP contribution in [-0.4, -0.2) is 55.0 Å². The van der Waals surface area contributed by atoms with Gasteiger partial charge in [0.2, 0.25) is 6.23 Å². The number of carbonyl (C=O) groups is 1. The maximum absolute atomic E-state index is 14.2. The molecule has 1 aromatic carbocycles. The van der Waals surface area contributed by atoms with Crippen molar-refractivity contribution in [2.75, 3.05) is 11.9 Å². The Bertz CT molecular complexity index is 1280. The topological polar surface area (TPSA) is 149 Å². The number of benzene rings is 1. The van der Waals surface area contributed by atoms with E-state index in [1.54, 1.807) is 0 Å². The zero-order chi connectivity index (χ0) is 22.5. The van der Waals surface area contributed by atoms with E-state index < -0.39 is 48.3 Å². The molecule has 3 N–H and O–H groups in total. The molecule has 11 nitrogen and oxygen atoms in total. The summed E-state index contributed by atoms with van der Waals surface area (Å²) in [7, 11) is 1.51. The Hall–Kier alpha value is -3.42. The van der Waals surface area contributed by atoms with Crippen molar-refractivity contribution in [3.05, 3.63) is 57.1 Å². The molecule has 1 aliphatic heterocycles. The average Bonchev–Trinajstić information content (AvgIpc) is 3.14. The molecule has 31 heavy (non-hydrogen) atoms. The van der Waals surface area contributed by atoms with E-state index in [0.717, 1.165) is 12.3 Å². The number of nitrogens with zero attached hydrogens (tertiary/aromatic N) is 3. The fraction of sp³-hybridized carbons (Fsp3) is 0.333. The third-order valence-corrected chi connectivity index (χ3v) is 4.94. The zero-order valence-electron chi connectivity index (χ0n) is 15.9. The fourth-order valence-electron chi connectivity index (χ4n) is 3.24. The predicted octanol–water partition coefficient (Wildman–Crippen LogP) is -0.174. The van der Waals surface area contributed by atoms with E-state index in [-0.39, 0.29) is 17.0 Å². The molecule has 164 valence electrons. The molecule has 0 bridgehead atoms. The van der Waals surface area contributed by atoms with E-state index in [2.05, 4.69) is 10.3 Å². The normalized spacial score (nSPS) is 22.7.